The molecule has 2 amide bonds. The molecule has 0 aliphatic carbocycles. The number of hydrogen-bond donors (Lipinski definition) is 2. The van der Waals surface area contributed by atoms with Crippen LogP contribution in [0.4, 0.5) is 18.9 Å². The molecule has 0 bridgehead atoms. The summed E-state index contributed by atoms with van der Waals surface area (Å²) in [5, 5.41) is 6.06. The highest BCUT2D eigenvalue weighted by molar-refractivity contribution is 5.99. The lowest BCUT2D eigenvalue weighted by molar-refractivity contribution is -0.137. The summed E-state index contributed by atoms with van der Waals surface area (Å²) in [6.45, 7) is 3.16. The highest BCUT2D eigenvalue weighted by Gasteiger charge is 2.34. The van der Waals surface area contributed by atoms with Gasteiger partial charge in [0.2, 0.25) is 5.91 Å². The summed E-state index contributed by atoms with van der Waals surface area (Å²) in [6, 6.07) is 3.07. The molecule has 1 aromatic carbocycles. The van der Waals surface area contributed by atoms with Crippen LogP contribution in [0.5, 0.6) is 0 Å². The normalized spacial score (nSPS) is 23.1. The monoisotopic (exact) mass is 405 g/mol. The fourth-order valence-corrected chi connectivity index (χ4v) is 3.48. The molecule has 150 valence electrons. The van der Waals surface area contributed by atoms with Crippen LogP contribution in [0.1, 0.15) is 48.5 Å². The highest BCUT2D eigenvalue weighted by atomic mass is 35.5. The number of carbonyl (C=O) groups excluding carboxylic acids is 2. The fourth-order valence-electron chi connectivity index (χ4n) is 3.48. The standard InChI is InChI=1S/C18H22F3N3O2.ClH/c1-11-15(4-2-6-22-11)23-17(26)12-8-13(18(19,20)21)10-14(9-12)24-7-3-5-16(24)25;/h8-11,15,22H,2-7H2,1H3,(H,23,26);1H. The molecule has 0 spiro atoms. The van der Waals surface area contributed by atoms with Gasteiger partial charge in [0.25, 0.3) is 5.91 Å². The van der Waals surface area contributed by atoms with Crippen molar-refractivity contribution in [2.24, 2.45) is 0 Å². The smallest absolute Gasteiger partial charge is 0.348 e. The number of halogens is 4. The number of amides is 2. The zero-order chi connectivity index (χ0) is 18.9. The number of nitrogens with zero attached hydrogens (tertiary/aromatic N) is 1. The van der Waals surface area contributed by atoms with E-state index in [9.17, 15) is 22.8 Å². The number of hydrogen-bond acceptors (Lipinski definition) is 3. The molecular weight excluding hydrogens is 383 g/mol. The van der Waals surface area contributed by atoms with Gasteiger partial charge in [0.15, 0.2) is 0 Å². The van der Waals surface area contributed by atoms with E-state index < -0.39 is 17.6 Å². The second-order valence-electron chi connectivity index (χ2n) is 6.88. The van der Waals surface area contributed by atoms with Crippen LogP contribution >= 0.6 is 12.4 Å². The van der Waals surface area contributed by atoms with Gasteiger partial charge in [-0.25, -0.2) is 0 Å². The van der Waals surface area contributed by atoms with Crippen molar-refractivity contribution < 1.29 is 22.8 Å². The Morgan fingerprint density at radius 3 is 2.59 bits per heavy atom. The van der Waals surface area contributed by atoms with Gasteiger partial charge in [-0.05, 0) is 50.9 Å². The third-order valence-corrected chi connectivity index (χ3v) is 4.97. The van der Waals surface area contributed by atoms with Crippen molar-refractivity contribution in [3.8, 4) is 0 Å². The van der Waals surface area contributed by atoms with Gasteiger partial charge in [-0.3, -0.25) is 9.59 Å². The van der Waals surface area contributed by atoms with E-state index in [0.717, 1.165) is 31.5 Å². The van der Waals surface area contributed by atoms with Gasteiger partial charge in [0, 0.05) is 36.3 Å². The molecule has 3 rings (SSSR count). The van der Waals surface area contributed by atoms with E-state index in [1.807, 2.05) is 6.92 Å². The van der Waals surface area contributed by atoms with Crippen LogP contribution in [-0.4, -0.2) is 37.0 Å². The second kappa shape index (κ2) is 8.48. The molecule has 2 aliphatic heterocycles. The Kier molecular flexibility index (Phi) is 6.75. The Morgan fingerprint density at radius 1 is 1.26 bits per heavy atom. The predicted molar refractivity (Wildman–Crippen MR) is 98.2 cm³/mol. The van der Waals surface area contributed by atoms with Crippen LogP contribution in [0, 0.1) is 0 Å². The van der Waals surface area contributed by atoms with Crippen molar-refractivity contribution in [2.75, 3.05) is 18.0 Å². The predicted octanol–water partition coefficient (Wildman–Crippen LogP) is 3.12. The Bertz CT molecular complexity index is 712. The number of rotatable bonds is 3. The highest BCUT2D eigenvalue weighted by Crippen LogP contribution is 2.34. The summed E-state index contributed by atoms with van der Waals surface area (Å²) in [5.74, 6) is -0.773. The van der Waals surface area contributed by atoms with Crippen molar-refractivity contribution in [3.63, 3.8) is 0 Å². The average Bonchev–Trinajstić information content (AvgIpc) is 3.02. The van der Waals surface area contributed by atoms with Crippen molar-refractivity contribution in [1.29, 1.82) is 0 Å². The van der Waals surface area contributed by atoms with Crippen LogP contribution < -0.4 is 15.5 Å². The average molecular weight is 406 g/mol. The number of nitrogens with one attached hydrogen (secondary N) is 2. The first-order valence-corrected chi connectivity index (χ1v) is 8.82. The number of alkyl halides is 3. The summed E-state index contributed by atoms with van der Waals surface area (Å²) in [5.41, 5.74) is -0.871. The third kappa shape index (κ3) is 4.93. The van der Waals surface area contributed by atoms with E-state index >= 15 is 0 Å². The maximum absolute atomic E-state index is 13.3. The second-order valence-corrected chi connectivity index (χ2v) is 6.88. The first kappa shape index (κ1) is 21.5. The summed E-state index contributed by atoms with van der Waals surface area (Å²) in [6.07, 6.45) is -2.01. The van der Waals surface area contributed by atoms with E-state index in [1.54, 1.807) is 0 Å². The minimum absolute atomic E-state index is 0. The lowest BCUT2D eigenvalue weighted by Crippen LogP contribution is -2.51. The van der Waals surface area contributed by atoms with Crippen LogP contribution in [0.2, 0.25) is 0 Å². The lowest BCUT2D eigenvalue weighted by atomic mass is 9.99. The minimum Gasteiger partial charge on any atom is -0.348 e. The first-order chi connectivity index (χ1) is 12.3. The van der Waals surface area contributed by atoms with Gasteiger partial charge in [-0.1, -0.05) is 0 Å². The summed E-state index contributed by atoms with van der Waals surface area (Å²) in [4.78, 5) is 25.8. The maximum atomic E-state index is 13.3. The molecule has 2 unspecified atom stereocenters. The fraction of sp³-hybridized carbons (Fsp3) is 0.556. The van der Waals surface area contributed by atoms with E-state index in [4.69, 9.17) is 0 Å². The SMILES string of the molecule is CC1NCCCC1NC(=O)c1cc(N2CCCC2=O)cc(C(F)(F)F)c1.Cl. The largest absolute Gasteiger partial charge is 0.416 e. The van der Waals surface area contributed by atoms with Crippen molar-refractivity contribution >= 4 is 29.9 Å². The molecular formula is C18H23ClF3N3O2. The van der Waals surface area contributed by atoms with Gasteiger partial charge in [0.05, 0.1) is 5.56 Å². The molecule has 2 saturated heterocycles. The molecule has 9 heteroatoms. The molecule has 2 N–H and O–H groups in total. The summed E-state index contributed by atoms with van der Waals surface area (Å²) in [7, 11) is 0. The maximum Gasteiger partial charge on any atom is 0.416 e. The molecule has 2 heterocycles. The van der Waals surface area contributed by atoms with Gasteiger partial charge >= 0.3 is 6.18 Å². The zero-order valence-corrected chi connectivity index (χ0v) is 15.8. The van der Waals surface area contributed by atoms with Crippen LogP contribution in [0.15, 0.2) is 18.2 Å². The lowest BCUT2D eigenvalue weighted by Gasteiger charge is -2.30. The number of carbonyl (C=O) groups is 2. The van der Waals surface area contributed by atoms with E-state index in [2.05, 4.69) is 10.6 Å². The molecule has 2 aliphatic rings. The Labute approximate surface area is 162 Å². The van der Waals surface area contributed by atoms with Crippen LogP contribution in [-0.2, 0) is 11.0 Å². The first-order valence-electron chi connectivity index (χ1n) is 8.82. The molecule has 0 radical (unpaired) electrons. The Hall–Kier alpha value is -1.80. The topological polar surface area (TPSA) is 61.4 Å². The van der Waals surface area contributed by atoms with Gasteiger partial charge in [0.1, 0.15) is 0 Å². The number of piperidine rings is 1. The molecule has 2 fully saturated rings. The minimum atomic E-state index is -4.59. The molecule has 1 aromatic rings. The number of benzene rings is 1. The van der Waals surface area contributed by atoms with Crippen molar-refractivity contribution in [1.82, 2.24) is 10.6 Å². The zero-order valence-electron chi connectivity index (χ0n) is 14.9. The van der Waals surface area contributed by atoms with Gasteiger partial charge < -0.3 is 15.5 Å². The van der Waals surface area contributed by atoms with E-state index in [-0.39, 0.29) is 41.6 Å². The van der Waals surface area contributed by atoms with Crippen LogP contribution in [0.25, 0.3) is 0 Å². The quantitative estimate of drug-likeness (QED) is 0.812. The summed E-state index contributed by atoms with van der Waals surface area (Å²) < 4.78 is 39.8. The Balaban J connectivity index is 0.00000261. The van der Waals surface area contributed by atoms with Crippen molar-refractivity contribution in [2.45, 2.75) is 50.9 Å². The molecule has 27 heavy (non-hydrogen) atoms. The van der Waals surface area contributed by atoms with Gasteiger partial charge in [-0.15, -0.1) is 12.4 Å². The molecule has 2 atom stereocenters. The summed E-state index contributed by atoms with van der Waals surface area (Å²) >= 11 is 0. The Morgan fingerprint density at radius 2 is 2.00 bits per heavy atom. The van der Waals surface area contributed by atoms with Crippen molar-refractivity contribution in [3.05, 3.63) is 29.3 Å². The molecule has 0 aromatic heterocycles. The van der Waals surface area contributed by atoms with E-state index in [0.29, 0.717) is 19.4 Å². The van der Waals surface area contributed by atoms with Crippen LogP contribution in [0.3, 0.4) is 0 Å². The molecule has 0 saturated carbocycles. The van der Waals surface area contributed by atoms with Gasteiger partial charge in [-0.2, -0.15) is 13.2 Å². The third-order valence-electron chi connectivity index (χ3n) is 4.97. The van der Waals surface area contributed by atoms with E-state index in [1.165, 1.54) is 11.0 Å². The number of anilines is 1. The molecule has 5 nitrogen and oxygen atoms in total.